The molecule has 0 radical (unpaired) electrons. The van der Waals surface area contributed by atoms with E-state index in [1.807, 2.05) is 34.9 Å². The average Bonchev–Trinajstić information content (AvgIpc) is 3.48. The molecule has 1 unspecified atom stereocenters. The van der Waals surface area contributed by atoms with Crippen LogP contribution in [0.25, 0.3) is 5.65 Å². The molecule has 2 aromatic heterocycles. The Morgan fingerprint density at radius 1 is 1.12 bits per heavy atom. The first-order valence-electron chi connectivity index (χ1n) is 11.0. The van der Waals surface area contributed by atoms with E-state index in [1.165, 1.54) is 18.4 Å². The number of nitrogens with zero attached hydrogens (tertiary/aromatic N) is 5. The van der Waals surface area contributed by atoms with E-state index < -0.39 is 0 Å². The second kappa shape index (κ2) is 12.0. The molecule has 0 bridgehead atoms. The zero-order valence-electron chi connectivity index (χ0n) is 18.7. The highest BCUT2D eigenvalue weighted by molar-refractivity contribution is 14.0. The lowest BCUT2D eigenvalue weighted by atomic mass is 10.1. The van der Waals surface area contributed by atoms with E-state index in [4.69, 9.17) is 9.73 Å². The monoisotopic (exact) mass is 549 g/mol. The first kappa shape index (κ1) is 24.2. The summed E-state index contributed by atoms with van der Waals surface area (Å²) in [7, 11) is 1.71. The molecule has 32 heavy (non-hydrogen) atoms. The Bertz CT molecular complexity index is 1020. The third-order valence-electron chi connectivity index (χ3n) is 5.63. The molecule has 4 rings (SSSR count). The molecule has 3 aromatic rings. The van der Waals surface area contributed by atoms with Crippen molar-refractivity contribution in [2.45, 2.75) is 32.4 Å². The highest BCUT2D eigenvalue weighted by Crippen LogP contribution is 2.27. The van der Waals surface area contributed by atoms with Crippen molar-refractivity contribution < 1.29 is 4.74 Å². The zero-order valence-corrected chi connectivity index (χ0v) is 21.0. The van der Waals surface area contributed by atoms with Gasteiger partial charge in [0.2, 0.25) is 0 Å². The van der Waals surface area contributed by atoms with Crippen LogP contribution in [0.15, 0.2) is 53.7 Å². The largest absolute Gasteiger partial charge is 0.497 e. The molecule has 0 saturated carbocycles. The minimum atomic E-state index is 0. The number of rotatable bonds is 8. The van der Waals surface area contributed by atoms with E-state index >= 15 is 0 Å². The van der Waals surface area contributed by atoms with Gasteiger partial charge in [-0.15, -0.1) is 34.2 Å². The number of methoxy groups -OCH3 is 1. The standard InChI is InChI=1S/C23H31N7O.HI/c1-3-24-23(26-17-22-28-27-21-11-4-5-14-30(21)22)25-16-20(29-12-6-7-13-29)18-9-8-10-19(15-18)31-2;/h4-5,8-11,14-15,20H,3,6-7,12-13,16-17H2,1-2H3,(H2,24,25,26);1H. The number of halogens is 1. The van der Waals surface area contributed by atoms with Crippen molar-refractivity contribution in [1.29, 1.82) is 0 Å². The van der Waals surface area contributed by atoms with E-state index in [2.05, 4.69) is 50.9 Å². The predicted molar refractivity (Wildman–Crippen MR) is 138 cm³/mol. The Morgan fingerprint density at radius 2 is 1.97 bits per heavy atom. The minimum absolute atomic E-state index is 0. The maximum Gasteiger partial charge on any atom is 0.191 e. The number of likely N-dealkylation sites (tertiary alicyclic amines) is 1. The van der Waals surface area contributed by atoms with Gasteiger partial charge in [-0.3, -0.25) is 9.30 Å². The summed E-state index contributed by atoms with van der Waals surface area (Å²) < 4.78 is 7.43. The second-order valence-electron chi connectivity index (χ2n) is 7.66. The summed E-state index contributed by atoms with van der Waals surface area (Å²) >= 11 is 0. The molecule has 1 aliphatic heterocycles. The number of benzene rings is 1. The molecule has 1 saturated heterocycles. The van der Waals surface area contributed by atoms with Gasteiger partial charge in [-0.05, 0) is 62.7 Å². The SMILES string of the molecule is CCNC(=NCc1nnc2ccccn12)NCC(c1cccc(OC)c1)N1CCCC1.I. The van der Waals surface area contributed by atoms with Crippen LogP contribution in [0.4, 0.5) is 0 Å². The Kier molecular flexibility index (Phi) is 9.10. The number of aliphatic imine (C=N–C) groups is 1. The smallest absolute Gasteiger partial charge is 0.191 e. The highest BCUT2D eigenvalue weighted by atomic mass is 127. The molecule has 3 heterocycles. The Labute approximate surface area is 206 Å². The molecule has 2 N–H and O–H groups in total. The minimum Gasteiger partial charge on any atom is -0.497 e. The van der Waals surface area contributed by atoms with Crippen LogP contribution in [-0.2, 0) is 6.54 Å². The molecule has 9 heteroatoms. The van der Waals surface area contributed by atoms with Gasteiger partial charge in [-0.2, -0.15) is 0 Å². The van der Waals surface area contributed by atoms with Gasteiger partial charge < -0.3 is 15.4 Å². The molecule has 0 amide bonds. The van der Waals surface area contributed by atoms with Crippen LogP contribution >= 0.6 is 24.0 Å². The van der Waals surface area contributed by atoms with Crippen molar-refractivity contribution in [2.75, 3.05) is 33.3 Å². The molecular formula is C23H32IN7O. The third-order valence-corrected chi connectivity index (χ3v) is 5.63. The Balaban J connectivity index is 0.00000289. The average molecular weight is 549 g/mol. The Hall–Kier alpha value is -2.40. The molecule has 1 aromatic carbocycles. The fraction of sp³-hybridized carbons (Fsp3) is 0.435. The van der Waals surface area contributed by atoms with Crippen molar-refractivity contribution in [3.63, 3.8) is 0 Å². The number of guanidine groups is 1. The van der Waals surface area contributed by atoms with Crippen LogP contribution in [0.2, 0.25) is 0 Å². The number of hydrogen-bond donors (Lipinski definition) is 2. The Morgan fingerprint density at radius 3 is 2.75 bits per heavy atom. The number of hydrogen-bond acceptors (Lipinski definition) is 5. The summed E-state index contributed by atoms with van der Waals surface area (Å²) in [6.45, 7) is 6.31. The molecule has 1 aliphatic rings. The fourth-order valence-electron chi connectivity index (χ4n) is 4.04. The molecular weight excluding hydrogens is 517 g/mol. The van der Waals surface area contributed by atoms with Crippen molar-refractivity contribution in [3.8, 4) is 5.75 Å². The first-order valence-corrected chi connectivity index (χ1v) is 11.0. The summed E-state index contributed by atoms with van der Waals surface area (Å²) in [4.78, 5) is 7.30. The first-order chi connectivity index (χ1) is 15.3. The van der Waals surface area contributed by atoms with Gasteiger partial charge in [0.05, 0.1) is 13.2 Å². The molecule has 8 nitrogen and oxygen atoms in total. The van der Waals surface area contributed by atoms with Gasteiger partial charge in [-0.25, -0.2) is 4.99 Å². The van der Waals surface area contributed by atoms with Crippen LogP contribution < -0.4 is 15.4 Å². The zero-order chi connectivity index (χ0) is 21.5. The summed E-state index contributed by atoms with van der Waals surface area (Å²) in [5.41, 5.74) is 2.09. The third kappa shape index (κ3) is 5.89. The van der Waals surface area contributed by atoms with E-state index in [0.717, 1.165) is 49.4 Å². The summed E-state index contributed by atoms with van der Waals surface area (Å²) in [6, 6.07) is 14.5. The van der Waals surface area contributed by atoms with Gasteiger partial charge in [0.25, 0.3) is 0 Å². The predicted octanol–water partition coefficient (Wildman–Crippen LogP) is 3.25. The van der Waals surface area contributed by atoms with E-state index in [-0.39, 0.29) is 30.0 Å². The van der Waals surface area contributed by atoms with Crippen LogP contribution in [-0.4, -0.2) is 58.7 Å². The number of aromatic nitrogens is 3. The van der Waals surface area contributed by atoms with Gasteiger partial charge in [0.15, 0.2) is 17.4 Å². The molecule has 0 spiro atoms. The maximum atomic E-state index is 5.46. The van der Waals surface area contributed by atoms with E-state index in [1.54, 1.807) is 7.11 Å². The summed E-state index contributed by atoms with van der Waals surface area (Å²) in [5.74, 6) is 2.49. The van der Waals surface area contributed by atoms with Crippen LogP contribution in [0.3, 0.4) is 0 Å². The van der Waals surface area contributed by atoms with Crippen LogP contribution in [0.5, 0.6) is 5.75 Å². The second-order valence-corrected chi connectivity index (χ2v) is 7.66. The van der Waals surface area contributed by atoms with Crippen molar-refractivity contribution in [3.05, 3.63) is 60.0 Å². The van der Waals surface area contributed by atoms with Gasteiger partial charge >= 0.3 is 0 Å². The summed E-state index contributed by atoms with van der Waals surface area (Å²) in [5, 5.41) is 15.4. The fourth-order valence-corrected chi connectivity index (χ4v) is 4.04. The topological polar surface area (TPSA) is 79.1 Å². The van der Waals surface area contributed by atoms with Crippen LogP contribution in [0, 0.1) is 0 Å². The number of fused-ring (bicyclic) bond motifs is 1. The normalized spacial score (nSPS) is 15.4. The van der Waals surface area contributed by atoms with Crippen molar-refractivity contribution in [2.24, 2.45) is 4.99 Å². The number of nitrogens with one attached hydrogen (secondary N) is 2. The van der Waals surface area contributed by atoms with E-state index in [0.29, 0.717) is 6.54 Å². The number of pyridine rings is 1. The van der Waals surface area contributed by atoms with Crippen LogP contribution in [0.1, 0.15) is 37.2 Å². The number of ether oxygens (including phenoxy) is 1. The molecule has 1 atom stereocenters. The lowest BCUT2D eigenvalue weighted by molar-refractivity contribution is 0.245. The van der Waals surface area contributed by atoms with E-state index in [9.17, 15) is 0 Å². The maximum absolute atomic E-state index is 5.46. The molecule has 1 fully saturated rings. The lowest BCUT2D eigenvalue weighted by Gasteiger charge is -2.29. The highest BCUT2D eigenvalue weighted by Gasteiger charge is 2.24. The van der Waals surface area contributed by atoms with Crippen molar-refractivity contribution >= 4 is 35.6 Å². The van der Waals surface area contributed by atoms with Gasteiger partial charge in [-0.1, -0.05) is 18.2 Å². The van der Waals surface area contributed by atoms with Gasteiger partial charge in [0.1, 0.15) is 12.3 Å². The van der Waals surface area contributed by atoms with Gasteiger partial charge in [0, 0.05) is 19.3 Å². The lowest BCUT2D eigenvalue weighted by Crippen LogP contribution is -2.42. The van der Waals surface area contributed by atoms with Crippen molar-refractivity contribution in [1.82, 2.24) is 30.1 Å². The molecule has 0 aliphatic carbocycles. The quantitative estimate of drug-likeness (QED) is 0.255. The summed E-state index contributed by atoms with van der Waals surface area (Å²) in [6.07, 6.45) is 4.45. The molecule has 172 valence electrons.